The molecule has 100 valence electrons. The number of rotatable bonds is 3. The van der Waals surface area contributed by atoms with E-state index in [-0.39, 0.29) is 12.0 Å². The summed E-state index contributed by atoms with van der Waals surface area (Å²) >= 11 is 11.6. The van der Waals surface area contributed by atoms with Crippen LogP contribution in [0.1, 0.15) is 17.2 Å². The molecule has 0 aliphatic rings. The average molecular weight is 303 g/mol. The largest absolute Gasteiger partial charge is 0.388 e. The lowest BCUT2D eigenvalue weighted by molar-refractivity contribution is 0.177. The van der Waals surface area contributed by atoms with Crippen molar-refractivity contribution in [3.63, 3.8) is 0 Å². The molecule has 0 radical (unpaired) electrons. The van der Waals surface area contributed by atoms with Gasteiger partial charge in [0.25, 0.3) is 0 Å². The first-order valence-corrected chi connectivity index (χ1v) is 6.30. The van der Waals surface area contributed by atoms with E-state index in [0.717, 1.165) is 6.07 Å². The van der Waals surface area contributed by atoms with E-state index in [4.69, 9.17) is 23.2 Å². The second-order valence-electron chi connectivity index (χ2n) is 4.14. The van der Waals surface area contributed by atoms with E-state index in [9.17, 15) is 13.9 Å². The summed E-state index contributed by atoms with van der Waals surface area (Å²) in [6, 6.07) is 8.45. The van der Waals surface area contributed by atoms with Gasteiger partial charge in [0, 0.05) is 16.5 Å². The summed E-state index contributed by atoms with van der Waals surface area (Å²) in [6.45, 7) is 0. The number of hydrogen-bond acceptors (Lipinski definition) is 1. The number of benzene rings is 2. The second kappa shape index (κ2) is 5.87. The van der Waals surface area contributed by atoms with Crippen molar-refractivity contribution in [3.8, 4) is 0 Å². The molecule has 19 heavy (non-hydrogen) atoms. The van der Waals surface area contributed by atoms with Crippen LogP contribution in [0.15, 0.2) is 36.4 Å². The summed E-state index contributed by atoms with van der Waals surface area (Å²) in [4.78, 5) is 0. The number of hydrogen-bond donors (Lipinski definition) is 1. The van der Waals surface area contributed by atoms with E-state index in [2.05, 4.69) is 0 Å². The third-order valence-electron chi connectivity index (χ3n) is 2.71. The van der Waals surface area contributed by atoms with Gasteiger partial charge >= 0.3 is 0 Å². The molecule has 1 N–H and O–H groups in total. The lowest BCUT2D eigenvalue weighted by Crippen LogP contribution is -2.04. The first-order valence-electron chi connectivity index (χ1n) is 5.54. The van der Waals surface area contributed by atoms with E-state index >= 15 is 0 Å². The Morgan fingerprint density at radius 1 is 1.05 bits per heavy atom. The molecule has 2 rings (SSSR count). The van der Waals surface area contributed by atoms with Crippen LogP contribution in [0.25, 0.3) is 0 Å². The minimum Gasteiger partial charge on any atom is -0.388 e. The van der Waals surface area contributed by atoms with E-state index in [0.29, 0.717) is 15.6 Å². The van der Waals surface area contributed by atoms with Crippen molar-refractivity contribution in [2.45, 2.75) is 12.5 Å². The molecule has 0 bridgehead atoms. The molecule has 1 atom stereocenters. The lowest BCUT2D eigenvalue weighted by atomic mass is 10.0. The van der Waals surface area contributed by atoms with Crippen LogP contribution >= 0.6 is 23.2 Å². The van der Waals surface area contributed by atoms with Gasteiger partial charge in [-0.3, -0.25) is 0 Å². The summed E-state index contributed by atoms with van der Waals surface area (Å²) in [6.07, 6.45) is -1.06. The molecule has 0 fully saturated rings. The fourth-order valence-corrected chi connectivity index (χ4v) is 2.34. The molecule has 5 heteroatoms. The topological polar surface area (TPSA) is 20.2 Å². The molecule has 0 amide bonds. The van der Waals surface area contributed by atoms with E-state index in [1.165, 1.54) is 30.3 Å². The Labute approximate surface area is 119 Å². The molecule has 1 unspecified atom stereocenters. The van der Waals surface area contributed by atoms with Crippen LogP contribution in [0, 0.1) is 11.6 Å². The van der Waals surface area contributed by atoms with Crippen LogP contribution in [-0.2, 0) is 6.42 Å². The Balaban J connectivity index is 2.25. The Morgan fingerprint density at radius 3 is 2.32 bits per heavy atom. The van der Waals surface area contributed by atoms with Crippen molar-refractivity contribution in [1.29, 1.82) is 0 Å². The molecule has 0 saturated carbocycles. The van der Waals surface area contributed by atoms with E-state index in [1.54, 1.807) is 0 Å². The van der Waals surface area contributed by atoms with Gasteiger partial charge in [0.15, 0.2) is 11.6 Å². The highest BCUT2D eigenvalue weighted by atomic mass is 35.5. The van der Waals surface area contributed by atoms with E-state index in [1.807, 2.05) is 0 Å². The van der Waals surface area contributed by atoms with Crippen molar-refractivity contribution in [2.75, 3.05) is 0 Å². The molecule has 2 aromatic carbocycles. The molecular formula is C14H10Cl2F2O. The van der Waals surface area contributed by atoms with Crippen LogP contribution in [0.5, 0.6) is 0 Å². The Morgan fingerprint density at radius 2 is 1.68 bits per heavy atom. The molecule has 0 aliphatic carbocycles. The molecule has 0 spiro atoms. The Bertz CT molecular complexity index is 582. The quantitative estimate of drug-likeness (QED) is 0.882. The summed E-state index contributed by atoms with van der Waals surface area (Å²) in [5, 5.41) is 10.8. The highest BCUT2D eigenvalue weighted by Crippen LogP contribution is 2.26. The zero-order valence-corrected chi connectivity index (χ0v) is 11.2. The monoisotopic (exact) mass is 302 g/mol. The standard InChI is InChI=1S/C14H10Cl2F2O/c15-10-4-9(5-11(16)7-10)13(19)6-8-2-1-3-12(17)14(8)18/h1-5,7,13,19H,6H2. The minimum absolute atomic E-state index is 0.0553. The highest BCUT2D eigenvalue weighted by molar-refractivity contribution is 6.34. The zero-order chi connectivity index (χ0) is 14.0. The fraction of sp³-hybridized carbons (Fsp3) is 0.143. The maximum atomic E-state index is 13.5. The van der Waals surface area contributed by atoms with Gasteiger partial charge in [-0.15, -0.1) is 0 Å². The molecule has 0 heterocycles. The van der Waals surface area contributed by atoms with Crippen LogP contribution < -0.4 is 0 Å². The minimum atomic E-state index is -1.01. The molecule has 0 aliphatic heterocycles. The Kier molecular flexibility index (Phi) is 4.40. The average Bonchev–Trinajstić information content (AvgIpc) is 2.33. The van der Waals surface area contributed by atoms with Crippen molar-refractivity contribution in [3.05, 3.63) is 69.2 Å². The zero-order valence-electron chi connectivity index (χ0n) is 9.71. The van der Waals surface area contributed by atoms with Gasteiger partial charge in [-0.1, -0.05) is 35.3 Å². The predicted molar refractivity (Wildman–Crippen MR) is 71.5 cm³/mol. The first-order chi connectivity index (χ1) is 8.97. The predicted octanol–water partition coefficient (Wildman–Crippen LogP) is 4.55. The summed E-state index contributed by atoms with van der Waals surface area (Å²) in [5.74, 6) is -1.89. The van der Waals surface area contributed by atoms with Crippen LogP contribution in [0.2, 0.25) is 10.0 Å². The number of halogens is 4. The van der Waals surface area contributed by atoms with Gasteiger partial charge < -0.3 is 5.11 Å². The molecule has 0 saturated heterocycles. The van der Waals surface area contributed by atoms with Gasteiger partial charge in [0.05, 0.1) is 6.10 Å². The summed E-state index contributed by atoms with van der Waals surface area (Å²) in [5.41, 5.74) is 0.560. The van der Waals surface area contributed by atoms with Crippen molar-refractivity contribution < 1.29 is 13.9 Å². The molecule has 2 aromatic rings. The second-order valence-corrected chi connectivity index (χ2v) is 5.01. The number of aliphatic hydroxyl groups is 1. The van der Waals surface area contributed by atoms with Crippen molar-refractivity contribution in [2.24, 2.45) is 0 Å². The van der Waals surface area contributed by atoms with Crippen molar-refractivity contribution in [1.82, 2.24) is 0 Å². The third-order valence-corrected chi connectivity index (χ3v) is 3.15. The van der Waals surface area contributed by atoms with Crippen LogP contribution in [-0.4, -0.2) is 5.11 Å². The van der Waals surface area contributed by atoms with Crippen LogP contribution in [0.3, 0.4) is 0 Å². The first kappa shape index (κ1) is 14.3. The third kappa shape index (κ3) is 3.44. The number of aliphatic hydroxyl groups excluding tert-OH is 1. The molecule has 0 aromatic heterocycles. The molecule has 1 nitrogen and oxygen atoms in total. The van der Waals surface area contributed by atoms with E-state index < -0.39 is 17.7 Å². The van der Waals surface area contributed by atoms with Gasteiger partial charge in [-0.25, -0.2) is 8.78 Å². The van der Waals surface area contributed by atoms with Gasteiger partial charge in [-0.05, 0) is 35.4 Å². The van der Waals surface area contributed by atoms with Gasteiger partial charge in [0.2, 0.25) is 0 Å². The van der Waals surface area contributed by atoms with Crippen molar-refractivity contribution >= 4 is 23.2 Å². The normalized spacial score (nSPS) is 12.5. The van der Waals surface area contributed by atoms with Gasteiger partial charge in [0.1, 0.15) is 0 Å². The summed E-state index contributed by atoms with van der Waals surface area (Å²) < 4.78 is 26.6. The smallest absolute Gasteiger partial charge is 0.162 e. The van der Waals surface area contributed by atoms with Crippen LogP contribution in [0.4, 0.5) is 8.78 Å². The maximum absolute atomic E-state index is 13.5. The highest BCUT2D eigenvalue weighted by Gasteiger charge is 2.15. The SMILES string of the molecule is OC(Cc1cccc(F)c1F)c1cc(Cl)cc(Cl)c1. The lowest BCUT2D eigenvalue weighted by Gasteiger charge is -2.12. The molecular weight excluding hydrogens is 293 g/mol. The maximum Gasteiger partial charge on any atom is 0.162 e. The van der Waals surface area contributed by atoms with Gasteiger partial charge in [-0.2, -0.15) is 0 Å². The Hall–Kier alpha value is -1.16. The fourth-order valence-electron chi connectivity index (χ4n) is 1.80. The summed E-state index contributed by atoms with van der Waals surface area (Å²) in [7, 11) is 0.